The lowest BCUT2D eigenvalue weighted by Crippen LogP contribution is -2.04. The number of aliphatic imine (C=N–C) groups is 2. The topological polar surface area (TPSA) is 61.6 Å². The van der Waals surface area contributed by atoms with E-state index < -0.39 is 0 Å². The number of benzene rings is 2. The van der Waals surface area contributed by atoms with Crippen molar-refractivity contribution in [2.45, 2.75) is 12.8 Å². The first-order valence-corrected chi connectivity index (χ1v) is 9.19. The van der Waals surface area contributed by atoms with Crippen molar-refractivity contribution in [2.75, 3.05) is 41.5 Å². The molecular formula is C22H26N2O4. The second-order valence-corrected chi connectivity index (χ2v) is 6.38. The predicted octanol–water partition coefficient (Wildman–Crippen LogP) is 3.36. The van der Waals surface area contributed by atoms with Crippen molar-refractivity contribution < 1.29 is 18.9 Å². The monoisotopic (exact) mass is 382 g/mol. The van der Waals surface area contributed by atoms with Crippen LogP contribution < -0.4 is 18.9 Å². The second-order valence-electron chi connectivity index (χ2n) is 6.38. The van der Waals surface area contributed by atoms with Crippen molar-refractivity contribution >= 4 is 12.4 Å². The average molecular weight is 382 g/mol. The van der Waals surface area contributed by atoms with Gasteiger partial charge in [0.2, 0.25) is 0 Å². The number of methoxy groups -OCH3 is 4. The number of fused-ring (bicyclic) bond motifs is 2. The summed E-state index contributed by atoms with van der Waals surface area (Å²) in [6.07, 6.45) is 5.74. The highest BCUT2D eigenvalue weighted by atomic mass is 16.5. The summed E-state index contributed by atoms with van der Waals surface area (Å²) < 4.78 is 20.9. The highest BCUT2D eigenvalue weighted by Gasteiger charge is 2.12. The molecule has 0 fully saturated rings. The predicted molar refractivity (Wildman–Crippen MR) is 111 cm³/mol. The van der Waals surface area contributed by atoms with Crippen LogP contribution in [0.25, 0.3) is 0 Å². The van der Waals surface area contributed by atoms with Crippen molar-refractivity contribution in [3.05, 3.63) is 46.5 Å². The summed E-state index contributed by atoms with van der Waals surface area (Å²) in [5.41, 5.74) is 4.82. The smallest absolute Gasteiger partial charge is 0.161 e. The Morgan fingerprint density at radius 3 is 1.29 bits per heavy atom. The molecule has 0 unspecified atom stereocenters. The molecule has 0 N–H and O–H groups in total. The molecular weight excluding hydrogens is 356 g/mol. The first kappa shape index (κ1) is 19.7. The van der Waals surface area contributed by atoms with Gasteiger partial charge in [-0.25, -0.2) is 0 Å². The molecule has 0 saturated carbocycles. The van der Waals surface area contributed by atoms with Gasteiger partial charge in [0, 0.05) is 25.5 Å². The molecule has 0 bridgehead atoms. The molecule has 0 radical (unpaired) electrons. The average Bonchev–Trinajstić information content (AvgIpc) is 2.77. The SMILES string of the molecule is COc1cc2c(cc1OC)CCN=C2.COc1cc2c(cc1OC)CCN=C2. The van der Waals surface area contributed by atoms with E-state index in [0.29, 0.717) is 0 Å². The standard InChI is InChI=1S/2C11H13NO2/c2*1-13-10-5-8-3-4-12-7-9(8)6-11(10)14-2/h2*5-7H,3-4H2,1-2H3. The van der Waals surface area contributed by atoms with E-state index >= 15 is 0 Å². The molecule has 4 rings (SSSR count). The maximum atomic E-state index is 5.23. The molecule has 28 heavy (non-hydrogen) atoms. The summed E-state index contributed by atoms with van der Waals surface area (Å²) >= 11 is 0. The zero-order chi connectivity index (χ0) is 19.9. The third-order valence-electron chi connectivity index (χ3n) is 4.77. The Balaban J connectivity index is 0.000000161. The lowest BCUT2D eigenvalue weighted by molar-refractivity contribution is 0.354. The van der Waals surface area contributed by atoms with Crippen LogP contribution in [-0.2, 0) is 12.8 Å². The fraction of sp³-hybridized carbons (Fsp3) is 0.364. The van der Waals surface area contributed by atoms with E-state index in [9.17, 15) is 0 Å². The van der Waals surface area contributed by atoms with Gasteiger partial charge in [0.05, 0.1) is 28.4 Å². The summed E-state index contributed by atoms with van der Waals surface area (Å²) in [7, 11) is 6.59. The Labute approximate surface area is 165 Å². The Kier molecular flexibility index (Phi) is 6.53. The van der Waals surface area contributed by atoms with Crippen LogP contribution in [0.4, 0.5) is 0 Å². The van der Waals surface area contributed by atoms with E-state index in [1.54, 1.807) is 28.4 Å². The molecule has 6 nitrogen and oxygen atoms in total. The molecule has 0 atom stereocenters. The van der Waals surface area contributed by atoms with Gasteiger partial charge in [-0.15, -0.1) is 0 Å². The van der Waals surface area contributed by atoms with E-state index in [1.807, 2.05) is 36.7 Å². The van der Waals surface area contributed by atoms with Crippen LogP contribution in [0, 0.1) is 0 Å². The first-order valence-electron chi connectivity index (χ1n) is 9.19. The summed E-state index contributed by atoms with van der Waals surface area (Å²) in [6, 6.07) is 7.99. The van der Waals surface area contributed by atoms with Crippen molar-refractivity contribution in [3.8, 4) is 23.0 Å². The third-order valence-corrected chi connectivity index (χ3v) is 4.77. The first-order chi connectivity index (χ1) is 13.7. The van der Waals surface area contributed by atoms with E-state index in [4.69, 9.17) is 18.9 Å². The molecule has 2 heterocycles. The Morgan fingerprint density at radius 2 is 0.929 bits per heavy atom. The number of hydrogen-bond acceptors (Lipinski definition) is 6. The zero-order valence-electron chi connectivity index (χ0n) is 16.8. The summed E-state index contributed by atoms with van der Waals surface area (Å²) in [4.78, 5) is 8.46. The van der Waals surface area contributed by atoms with E-state index in [1.165, 1.54) is 11.1 Å². The highest BCUT2D eigenvalue weighted by Crippen LogP contribution is 2.32. The molecule has 2 aliphatic heterocycles. The Morgan fingerprint density at radius 1 is 0.571 bits per heavy atom. The lowest BCUT2D eigenvalue weighted by atomic mass is 10.0. The largest absolute Gasteiger partial charge is 0.493 e. The van der Waals surface area contributed by atoms with Gasteiger partial charge in [0.1, 0.15) is 0 Å². The van der Waals surface area contributed by atoms with Crippen LogP contribution in [0.2, 0.25) is 0 Å². The molecule has 0 aromatic heterocycles. The minimum atomic E-state index is 0.764. The van der Waals surface area contributed by atoms with Gasteiger partial charge >= 0.3 is 0 Å². The maximum Gasteiger partial charge on any atom is 0.161 e. The van der Waals surface area contributed by atoms with Crippen molar-refractivity contribution in [1.29, 1.82) is 0 Å². The van der Waals surface area contributed by atoms with Gasteiger partial charge in [0.15, 0.2) is 23.0 Å². The van der Waals surface area contributed by atoms with Crippen LogP contribution in [0.1, 0.15) is 22.3 Å². The van der Waals surface area contributed by atoms with E-state index in [2.05, 4.69) is 9.98 Å². The fourth-order valence-electron chi connectivity index (χ4n) is 3.24. The zero-order valence-corrected chi connectivity index (χ0v) is 16.8. The molecule has 0 amide bonds. The Hall–Kier alpha value is -3.02. The fourth-order valence-corrected chi connectivity index (χ4v) is 3.24. The minimum absolute atomic E-state index is 0.764. The van der Waals surface area contributed by atoms with Gasteiger partial charge in [-0.3, -0.25) is 9.98 Å². The second kappa shape index (κ2) is 9.26. The van der Waals surface area contributed by atoms with Crippen LogP contribution in [0.15, 0.2) is 34.3 Å². The quantitative estimate of drug-likeness (QED) is 0.814. The highest BCUT2D eigenvalue weighted by molar-refractivity contribution is 5.85. The molecule has 0 aliphatic carbocycles. The molecule has 6 heteroatoms. The molecule has 148 valence electrons. The molecule has 2 aliphatic rings. The van der Waals surface area contributed by atoms with Gasteiger partial charge < -0.3 is 18.9 Å². The molecule has 0 saturated heterocycles. The number of nitrogens with zero attached hydrogens (tertiary/aromatic N) is 2. The number of hydrogen-bond donors (Lipinski definition) is 0. The maximum absolute atomic E-state index is 5.23. The van der Waals surface area contributed by atoms with Crippen molar-refractivity contribution in [2.24, 2.45) is 9.98 Å². The van der Waals surface area contributed by atoms with E-state index in [0.717, 1.165) is 60.1 Å². The summed E-state index contributed by atoms with van der Waals surface area (Å²) in [6.45, 7) is 1.73. The minimum Gasteiger partial charge on any atom is -0.493 e. The number of ether oxygens (including phenoxy) is 4. The van der Waals surface area contributed by atoms with Gasteiger partial charge in [-0.2, -0.15) is 0 Å². The van der Waals surface area contributed by atoms with Crippen LogP contribution >= 0.6 is 0 Å². The van der Waals surface area contributed by atoms with Gasteiger partial charge in [-0.1, -0.05) is 0 Å². The normalized spacial score (nSPS) is 13.6. The van der Waals surface area contributed by atoms with E-state index in [-0.39, 0.29) is 0 Å². The van der Waals surface area contributed by atoms with Crippen molar-refractivity contribution in [3.63, 3.8) is 0 Å². The van der Waals surface area contributed by atoms with Crippen molar-refractivity contribution in [1.82, 2.24) is 0 Å². The summed E-state index contributed by atoms with van der Waals surface area (Å²) in [5, 5.41) is 0. The van der Waals surface area contributed by atoms with Gasteiger partial charge in [0.25, 0.3) is 0 Å². The van der Waals surface area contributed by atoms with Crippen LogP contribution in [0.3, 0.4) is 0 Å². The third kappa shape index (κ3) is 4.27. The van der Waals surface area contributed by atoms with Crippen LogP contribution in [0.5, 0.6) is 23.0 Å². The molecule has 2 aromatic rings. The number of rotatable bonds is 4. The summed E-state index contributed by atoms with van der Waals surface area (Å²) in [5.74, 6) is 3.11. The molecule has 2 aromatic carbocycles. The van der Waals surface area contributed by atoms with Gasteiger partial charge in [-0.05, 0) is 59.4 Å². The Bertz CT molecular complexity index is 817. The molecule has 0 spiro atoms. The van der Waals surface area contributed by atoms with Crippen LogP contribution in [-0.4, -0.2) is 54.0 Å². The lowest BCUT2D eigenvalue weighted by Gasteiger charge is -2.14.